The van der Waals surface area contributed by atoms with Crippen LogP contribution < -0.4 is 5.32 Å². The van der Waals surface area contributed by atoms with Crippen LogP contribution in [0.4, 0.5) is 5.69 Å². The van der Waals surface area contributed by atoms with Crippen molar-refractivity contribution in [3.8, 4) is 6.07 Å². The van der Waals surface area contributed by atoms with Crippen LogP contribution in [0.5, 0.6) is 0 Å². The van der Waals surface area contributed by atoms with Gasteiger partial charge in [0.1, 0.15) is 6.07 Å². The predicted molar refractivity (Wildman–Crippen MR) is 74.1 cm³/mol. The number of carbonyl (C=O) groups excluding carboxylic acids is 2. The quantitative estimate of drug-likeness (QED) is 0.842. The van der Waals surface area contributed by atoms with Crippen LogP contribution in [-0.2, 0) is 14.3 Å². The molecule has 7 heteroatoms. The highest BCUT2D eigenvalue weighted by Crippen LogP contribution is 2.20. The number of hydrogen-bond donors (Lipinski definition) is 1. The van der Waals surface area contributed by atoms with Crippen LogP contribution in [0.1, 0.15) is 5.56 Å². The molecule has 5 nitrogen and oxygen atoms in total. The molecule has 0 heterocycles. The molecule has 0 unspecified atom stereocenters. The van der Waals surface area contributed by atoms with Crippen LogP contribution in [0.25, 0.3) is 0 Å². The van der Waals surface area contributed by atoms with Gasteiger partial charge in [0, 0.05) is 5.69 Å². The van der Waals surface area contributed by atoms with E-state index in [-0.39, 0.29) is 28.4 Å². The second-order valence-corrected chi connectivity index (χ2v) is 4.82. The molecule has 0 atom stereocenters. The Hall–Kier alpha value is -1.71. The Morgan fingerprint density at radius 3 is 2.79 bits per heavy atom. The summed E-state index contributed by atoms with van der Waals surface area (Å²) in [6.07, 6.45) is 0. The minimum atomic E-state index is -0.376. The molecule has 0 saturated heterocycles. The zero-order valence-corrected chi connectivity index (χ0v) is 11.7. The highest BCUT2D eigenvalue weighted by atomic mass is 35.5. The number of hydrogen-bond acceptors (Lipinski definition) is 5. The molecule has 0 aliphatic rings. The number of esters is 1. The summed E-state index contributed by atoms with van der Waals surface area (Å²) >= 11 is 6.99. The van der Waals surface area contributed by atoms with Crippen molar-refractivity contribution in [1.82, 2.24) is 0 Å². The monoisotopic (exact) mass is 298 g/mol. The van der Waals surface area contributed by atoms with E-state index in [1.807, 2.05) is 6.07 Å². The van der Waals surface area contributed by atoms with Crippen molar-refractivity contribution in [1.29, 1.82) is 5.26 Å². The molecule has 0 spiro atoms. The predicted octanol–water partition coefficient (Wildman–Crippen LogP) is 2.06. The van der Waals surface area contributed by atoms with Crippen molar-refractivity contribution < 1.29 is 14.3 Å². The minimum absolute atomic E-state index is 0.123. The molecular formula is C12H11ClN2O3S. The lowest BCUT2D eigenvalue weighted by Crippen LogP contribution is -2.15. The van der Waals surface area contributed by atoms with Gasteiger partial charge in [-0.05, 0) is 18.2 Å². The number of anilines is 1. The Balaban J connectivity index is 2.47. The maximum absolute atomic E-state index is 11.6. The van der Waals surface area contributed by atoms with Gasteiger partial charge in [-0.15, -0.1) is 11.8 Å². The van der Waals surface area contributed by atoms with E-state index >= 15 is 0 Å². The number of benzene rings is 1. The molecule has 1 amide bonds. The number of nitrogens with one attached hydrogen (secondary N) is 1. The average Bonchev–Trinajstić information content (AvgIpc) is 2.38. The number of methoxy groups -OCH3 is 1. The Bertz CT molecular complexity index is 528. The van der Waals surface area contributed by atoms with E-state index in [0.29, 0.717) is 11.3 Å². The topological polar surface area (TPSA) is 79.2 Å². The number of thioether (sulfide) groups is 1. The number of halogens is 1. The van der Waals surface area contributed by atoms with Gasteiger partial charge in [0.2, 0.25) is 5.91 Å². The number of nitrogens with zero attached hydrogens (tertiary/aromatic N) is 1. The van der Waals surface area contributed by atoms with Crippen molar-refractivity contribution in [2.45, 2.75) is 0 Å². The van der Waals surface area contributed by atoms with Crippen LogP contribution in [-0.4, -0.2) is 30.5 Å². The van der Waals surface area contributed by atoms with Gasteiger partial charge in [-0.2, -0.15) is 5.26 Å². The fourth-order valence-electron chi connectivity index (χ4n) is 1.17. The molecule has 1 aromatic carbocycles. The number of carbonyl (C=O) groups is 2. The molecule has 19 heavy (non-hydrogen) atoms. The molecule has 100 valence electrons. The highest BCUT2D eigenvalue weighted by Gasteiger charge is 2.07. The number of ether oxygens (including phenoxy) is 1. The molecular weight excluding hydrogens is 288 g/mol. The van der Waals surface area contributed by atoms with E-state index in [9.17, 15) is 9.59 Å². The van der Waals surface area contributed by atoms with Crippen molar-refractivity contribution in [2.24, 2.45) is 0 Å². The first-order chi connectivity index (χ1) is 9.06. The van der Waals surface area contributed by atoms with Gasteiger partial charge in [-0.1, -0.05) is 11.6 Å². The van der Waals surface area contributed by atoms with E-state index in [0.717, 1.165) is 11.8 Å². The van der Waals surface area contributed by atoms with E-state index in [1.165, 1.54) is 19.2 Å². The first-order valence-electron chi connectivity index (χ1n) is 5.21. The molecule has 0 bridgehead atoms. The van der Waals surface area contributed by atoms with Gasteiger partial charge in [0.25, 0.3) is 0 Å². The van der Waals surface area contributed by atoms with Gasteiger partial charge in [-0.3, -0.25) is 9.59 Å². The molecule has 0 radical (unpaired) electrons. The molecule has 0 aromatic heterocycles. The van der Waals surface area contributed by atoms with Crippen LogP contribution in [0, 0.1) is 11.3 Å². The summed E-state index contributed by atoms with van der Waals surface area (Å²) in [5.41, 5.74) is 0.854. The molecule has 1 aromatic rings. The Kier molecular flexibility index (Phi) is 6.19. The summed E-state index contributed by atoms with van der Waals surface area (Å²) in [5.74, 6) is -0.376. The fourth-order valence-corrected chi connectivity index (χ4v) is 2.03. The Morgan fingerprint density at radius 2 is 2.21 bits per heavy atom. The van der Waals surface area contributed by atoms with Gasteiger partial charge in [0.05, 0.1) is 29.2 Å². The van der Waals surface area contributed by atoms with Crippen molar-refractivity contribution >= 4 is 40.9 Å². The van der Waals surface area contributed by atoms with Crippen molar-refractivity contribution in [2.75, 3.05) is 23.9 Å². The third-order valence-corrected chi connectivity index (χ3v) is 3.27. The largest absolute Gasteiger partial charge is 0.468 e. The number of nitriles is 1. The fraction of sp³-hybridized carbons (Fsp3) is 0.250. The first-order valence-corrected chi connectivity index (χ1v) is 6.74. The van der Waals surface area contributed by atoms with Crippen molar-refractivity contribution in [3.05, 3.63) is 28.8 Å². The maximum Gasteiger partial charge on any atom is 0.315 e. The summed E-state index contributed by atoms with van der Waals surface area (Å²) in [6.45, 7) is 0. The number of rotatable bonds is 5. The molecule has 0 saturated carbocycles. The van der Waals surface area contributed by atoms with Crippen LogP contribution in [0.2, 0.25) is 5.02 Å². The second kappa shape index (κ2) is 7.67. The zero-order chi connectivity index (χ0) is 14.3. The maximum atomic E-state index is 11.6. The lowest BCUT2D eigenvalue weighted by molar-refractivity contribution is -0.137. The molecule has 0 aliphatic carbocycles. The number of amides is 1. The van der Waals surface area contributed by atoms with Crippen LogP contribution in [0.3, 0.4) is 0 Å². The molecule has 0 fully saturated rings. The highest BCUT2D eigenvalue weighted by molar-refractivity contribution is 8.00. The average molecular weight is 299 g/mol. The van der Waals surface area contributed by atoms with Gasteiger partial charge < -0.3 is 10.1 Å². The lowest BCUT2D eigenvalue weighted by atomic mass is 10.2. The molecule has 1 N–H and O–H groups in total. The standard InChI is InChI=1S/C12H11ClN2O3S/c1-18-12(17)7-19-6-11(16)15-9-3-2-8(5-14)10(13)4-9/h2-4H,6-7H2,1H3,(H,15,16). The normalized spacial score (nSPS) is 9.53. The summed E-state index contributed by atoms with van der Waals surface area (Å²) in [7, 11) is 1.29. The minimum Gasteiger partial charge on any atom is -0.468 e. The Labute approximate surface area is 119 Å². The Morgan fingerprint density at radius 1 is 1.47 bits per heavy atom. The third-order valence-electron chi connectivity index (χ3n) is 2.05. The zero-order valence-electron chi connectivity index (χ0n) is 10.1. The summed E-state index contributed by atoms with van der Waals surface area (Å²) in [6, 6.07) is 6.55. The summed E-state index contributed by atoms with van der Waals surface area (Å²) in [4.78, 5) is 22.4. The van der Waals surface area contributed by atoms with Gasteiger partial charge in [0.15, 0.2) is 0 Å². The van der Waals surface area contributed by atoms with Crippen LogP contribution in [0.15, 0.2) is 18.2 Å². The second-order valence-electron chi connectivity index (χ2n) is 3.42. The SMILES string of the molecule is COC(=O)CSCC(=O)Nc1ccc(C#N)c(Cl)c1. The van der Waals surface area contributed by atoms with Gasteiger partial charge >= 0.3 is 5.97 Å². The van der Waals surface area contributed by atoms with Crippen LogP contribution >= 0.6 is 23.4 Å². The van der Waals surface area contributed by atoms with E-state index in [2.05, 4.69) is 10.1 Å². The van der Waals surface area contributed by atoms with E-state index in [4.69, 9.17) is 16.9 Å². The van der Waals surface area contributed by atoms with E-state index < -0.39 is 0 Å². The summed E-state index contributed by atoms with van der Waals surface area (Å²) in [5, 5.41) is 11.6. The third kappa shape index (κ3) is 5.20. The smallest absolute Gasteiger partial charge is 0.315 e. The van der Waals surface area contributed by atoms with Crippen molar-refractivity contribution in [3.63, 3.8) is 0 Å². The summed E-state index contributed by atoms with van der Waals surface area (Å²) < 4.78 is 4.45. The van der Waals surface area contributed by atoms with Gasteiger partial charge in [-0.25, -0.2) is 0 Å². The molecule has 0 aliphatic heterocycles. The van der Waals surface area contributed by atoms with E-state index in [1.54, 1.807) is 6.07 Å². The lowest BCUT2D eigenvalue weighted by Gasteiger charge is -2.05. The molecule has 1 rings (SSSR count). The first kappa shape index (κ1) is 15.3.